The Morgan fingerprint density at radius 1 is 1.36 bits per heavy atom. The van der Waals surface area contributed by atoms with Gasteiger partial charge in [-0.2, -0.15) is 0 Å². The molecule has 0 aromatic carbocycles. The Hall–Kier alpha value is -2.50. The van der Waals surface area contributed by atoms with E-state index in [1.807, 2.05) is 0 Å². The lowest BCUT2D eigenvalue weighted by molar-refractivity contribution is -0.142. The molecule has 2 aliphatic heterocycles. The van der Waals surface area contributed by atoms with Crippen molar-refractivity contribution < 1.29 is 19.2 Å². The summed E-state index contributed by atoms with van der Waals surface area (Å²) in [5.41, 5.74) is -0.691. The molecule has 0 aromatic rings. The fraction of sp³-hybridized carbons (Fsp3) is 0.375. The molecule has 6 nitrogen and oxygen atoms in total. The molecule has 0 saturated carbocycles. The van der Waals surface area contributed by atoms with Gasteiger partial charge < -0.3 is 0 Å². The van der Waals surface area contributed by atoms with Crippen LogP contribution in [0.3, 0.4) is 0 Å². The van der Waals surface area contributed by atoms with Crippen molar-refractivity contribution in [1.82, 2.24) is 10.2 Å². The molecule has 1 spiro atoms. The Kier molecular flexibility index (Phi) is 4.40. The van der Waals surface area contributed by atoms with E-state index in [9.17, 15) is 19.2 Å². The number of hydrogen-bond donors (Lipinski definition) is 1. The first-order chi connectivity index (χ1) is 10.4. The molecule has 2 saturated heterocycles. The first kappa shape index (κ1) is 15.9. The van der Waals surface area contributed by atoms with Crippen molar-refractivity contribution in [3.8, 4) is 0 Å². The van der Waals surface area contributed by atoms with Gasteiger partial charge in [0, 0.05) is 25.0 Å². The van der Waals surface area contributed by atoms with Crippen LogP contribution in [0.4, 0.5) is 0 Å². The molecular formula is C16H18N2O4. The van der Waals surface area contributed by atoms with Crippen molar-refractivity contribution in [3.63, 3.8) is 0 Å². The normalized spacial score (nSPS) is 26.0. The van der Waals surface area contributed by atoms with E-state index in [0.29, 0.717) is 0 Å². The smallest absolute Gasteiger partial charge is 0.260 e. The van der Waals surface area contributed by atoms with Gasteiger partial charge in [0.2, 0.25) is 17.7 Å². The molecule has 1 unspecified atom stereocenters. The van der Waals surface area contributed by atoms with E-state index in [1.54, 1.807) is 25.2 Å². The maximum Gasteiger partial charge on any atom is 0.260 e. The lowest BCUT2D eigenvalue weighted by Gasteiger charge is -2.30. The Morgan fingerprint density at radius 2 is 2.09 bits per heavy atom. The van der Waals surface area contributed by atoms with Gasteiger partial charge in [0.15, 0.2) is 0 Å². The van der Waals surface area contributed by atoms with Crippen molar-refractivity contribution in [3.05, 3.63) is 36.5 Å². The highest BCUT2D eigenvalue weighted by Crippen LogP contribution is 2.38. The molecule has 1 N–H and O–H groups in total. The summed E-state index contributed by atoms with van der Waals surface area (Å²) in [5.74, 6) is -1.68. The number of imide groups is 2. The number of carbonyl (C=O) groups is 4. The van der Waals surface area contributed by atoms with Crippen LogP contribution in [0.5, 0.6) is 0 Å². The first-order valence-corrected chi connectivity index (χ1v) is 7.08. The topological polar surface area (TPSA) is 83.6 Å². The largest absolute Gasteiger partial charge is 0.296 e. The van der Waals surface area contributed by atoms with Crippen molar-refractivity contribution >= 4 is 23.6 Å². The molecule has 0 bridgehead atoms. The highest BCUT2D eigenvalue weighted by molar-refractivity contribution is 6.11. The van der Waals surface area contributed by atoms with E-state index >= 15 is 0 Å². The van der Waals surface area contributed by atoms with Crippen LogP contribution in [0, 0.1) is 5.41 Å². The van der Waals surface area contributed by atoms with Gasteiger partial charge in [-0.3, -0.25) is 29.4 Å². The number of piperidine rings is 1. The molecule has 0 radical (unpaired) electrons. The minimum absolute atomic E-state index is 0.00476. The molecule has 2 fully saturated rings. The number of amides is 4. The standard InChI is InChI=1S/C16H18N2O4/c1-3-5-6-11(4-2)14(21)18-10-16(9-13(18)20)8-7-12(19)17-15(16)22/h3-6H,2,7-10H2,1H3,(H,17,19,22)/b5-3-,11-6+. The zero-order chi connectivity index (χ0) is 16.3. The predicted octanol–water partition coefficient (Wildman–Crippen LogP) is 0.857. The maximum absolute atomic E-state index is 12.4. The van der Waals surface area contributed by atoms with Crippen LogP contribution in [0.2, 0.25) is 0 Å². The quantitative estimate of drug-likeness (QED) is 0.476. The Labute approximate surface area is 128 Å². The Bertz CT molecular complexity index is 618. The number of rotatable bonds is 3. The first-order valence-electron chi connectivity index (χ1n) is 7.08. The van der Waals surface area contributed by atoms with Crippen LogP contribution in [-0.2, 0) is 19.2 Å². The van der Waals surface area contributed by atoms with Crippen LogP contribution in [-0.4, -0.2) is 35.1 Å². The lowest BCUT2D eigenvalue weighted by atomic mass is 9.79. The summed E-state index contributed by atoms with van der Waals surface area (Å²) in [6.07, 6.45) is 6.80. The van der Waals surface area contributed by atoms with E-state index in [-0.39, 0.29) is 37.3 Å². The summed E-state index contributed by atoms with van der Waals surface area (Å²) < 4.78 is 0. The molecule has 2 aliphatic rings. The monoisotopic (exact) mass is 302 g/mol. The van der Waals surface area contributed by atoms with Crippen LogP contribution in [0.1, 0.15) is 26.2 Å². The summed E-state index contributed by atoms with van der Waals surface area (Å²) in [7, 11) is 0. The summed E-state index contributed by atoms with van der Waals surface area (Å²) >= 11 is 0. The SMILES string of the molecule is C=C/C(=C\C=C/C)C(=O)N1CC2(CCC(=O)NC2=O)CC1=O. The van der Waals surface area contributed by atoms with Crippen molar-refractivity contribution in [2.75, 3.05) is 6.54 Å². The highest BCUT2D eigenvalue weighted by atomic mass is 16.2. The van der Waals surface area contributed by atoms with Crippen LogP contribution in [0.25, 0.3) is 0 Å². The molecule has 6 heteroatoms. The number of likely N-dealkylation sites (tertiary alicyclic amines) is 1. The minimum atomic E-state index is -0.979. The van der Waals surface area contributed by atoms with Crippen molar-refractivity contribution in [1.29, 1.82) is 0 Å². The van der Waals surface area contributed by atoms with Gasteiger partial charge in [0.1, 0.15) is 0 Å². The molecule has 0 aliphatic carbocycles. The van der Waals surface area contributed by atoms with E-state index < -0.39 is 23.1 Å². The fourth-order valence-corrected chi connectivity index (χ4v) is 2.71. The number of hydrogen-bond acceptors (Lipinski definition) is 4. The lowest BCUT2D eigenvalue weighted by Crippen LogP contribution is -2.50. The molecule has 0 aromatic heterocycles. The minimum Gasteiger partial charge on any atom is -0.296 e. The van der Waals surface area contributed by atoms with Crippen molar-refractivity contribution in [2.45, 2.75) is 26.2 Å². The number of allylic oxidation sites excluding steroid dienone is 3. The van der Waals surface area contributed by atoms with E-state index in [1.165, 1.54) is 6.08 Å². The van der Waals surface area contributed by atoms with E-state index in [2.05, 4.69) is 11.9 Å². The Balaban J connectivity index is 2.22. The number of nitrogens with zero attached hydrogens (tertiary/aromatic N) is 1. The molecule has 2 heterocycles. The van der Waals surface area contributed by atoms with Gasteiger partial charge in [-0.1, -0.05) is 24.8 Å². The van der Waals surface area contributed by atoms with E-state index in [4.69, 9.17) is 0 Å². The maximum atomic E-state index is 12.4. The third-order valence-electron chi connectivity index (χ3n) is 4.00. The van der Waals surface area contributed by atoms with Gasteiger partial charge in [0.05, 0.1) is 5.41 Å². The molecule has 22 heavy (non-hydrogen) atoms. The van der Waals surface area contributed by atoms with Crippen LogP contribution < -0.4 is 5.32 Å². The van der Waals surface area contributed by atoms with Crippen molar-refractivity contribution in [2.24, 2.45) is 5.41 Å². The second-order valence-corrected chi connectivity index (χ2v) is 5.47. The average Bonchev–Trinajstić information content (AvgIpc) is 2.82. The predicted molar refractivity (Wildman–Crippen MR) is 79.2 cm³/mol. The van der Waals surface area contributed by atoms with Gasteiger partial charge >= 0.3 is 0 Å². The van der Waals surface area contributed by atoms with Gasteiger partial charge in [-0.25, -0.2) is 0 Å². The summed E-state index contributed by atoms with van der Waals surface area (Å²) in [6, 6.07) is 0. The molecule has 1 atom stereocenters. The van der Waals surface area contributed by atoms with Gasteiger partial charge in [-0.15, -0.1) is 0 Å². The zero-order valence-electron chi connectivity index (χ0n) is 12.4. The second-order valence-electron chi connectivity index (χ2n) is 5.47. The molecular weight excluding hydrogens is 284 g/mol. The highest BCUT2D eigenvalue weighted by Gasteiger charge is 2.52. The second kappa shape index (κ2) is 6.09. The molecule has 116 valence electrons. The summed E-state index contributed by atoms with van der Waals surface area (Å²) in [4.78, 5) is 49.0. The van der Waals surface area contributed by atoms with Gasteiger partial charge in [0.25, 0.3) is 5.91 Å². The molecule has 4 amide bonds. The van der Waals surface area contributed by atoms with Crippen LogP contribution >= 0.6 is 0 Å². The fourth-order valence-electron chi connectivity index (χ4n) is 2.71. The van der Waals surface area contributed by atoms with E-state index in [0.717, 1.165) is 4.90 Å². The van der Waals surface area contributed by atoms with Gasteiger partial charge in [-0.05, 0) is 19.4 Å². The number of nitrogens with one attached hydrogen (secondary N) is 1. The summed E-state index contributed by atoms with van der Waals surface area (Å²) in [6.45, 7) is 5.39. The number of carbonyl (C=O) groups excluding carboxylic acids is 4. The average molecular weight is 302 g/mol. The Morgan fingerprint density at radius 3 is 2.68 bits per heavy atom. The third kappa shape index (κ3) is 2.77. The zero-order valence-corrected chi connectivity index (χ0v) is 12.4. The summed E-state index contributed by atoms with van der Waals surface area (Å²) in [5, 5.41) is 2.26. The third-order valence-corrected chi connectivity index (χ3v) is 4.00. The van der Waals surface area contributed by atoms with Crippen LogP contribution in [0.15, 0.2) is 36.5 Å². The molecule has 2 rings (SSSR count).